The Morgan fingerprint density at radius 3 is 2.71 bits per heavy atom. The van der Waals surface area contributed by atoms with Crippen molar-refractivity contribution >= 4 is 17.0 Å². The second-order valence-corrected chi connectivity index (χ2v) is 4.63. The fourth-order valence-electron chi connectivity index (χ4n) is 2.18. The molecule has 106 valence electrons. The van der Waals surface area contributed by atoms with Crippen LogP contribution in [0.5, 0.6) is 0 Å². The van der Waals surface area contributed by atoms with Gasteiger partial charge in [0.05, 0.1) is 22.9 Å². The normalized spacial score (nSPS) is 11.0. The van der Waals surface area contributed by atoms with E-state index in [9.17, 15) is 13.6 Å². The van der Waals surface area contributed by atoms with Crippen molar-refractivity contribution in [2.45, 2.75) is 6.54 Å². The number of aromatic carboxylic acids is 1. The third-order valence-electron chi connectivity index (χ3n) is 3.19. The van der Waals surface area contributed by atoms with Gasteiger partial charge >= 0.3 is 5.97 Å². The standard InChI is InChI=1S/C15H10F2N2O2/c16-11-5-13-14(6-12(11)17)19(8-18-13)7-9-2-1-3-10(4-9)15(20)21/h1-6,8H,7H2,(H,20,21). The van der Waals surface area contributed by atoms with Crippen molar-refractivity contribution in [3.05, 3.63) is 65.5 Å². The van der Waals surface area contributed by atoms with E-state index < -0.39 is 17.6 Å². The van der Waals surface area contributed by atoms with Crippen LogP contribution in [0.2, 0.25) is 0 Å². The van der Waals surface area contributed by atoms with Crippen molar-refractivity contribution in [1.82, 2.24) is 9.55 Å². The number of carboxylic acids is 1. The highest BCUT2D eigenvalue weighted by atomic mass is 19.2. The maximum Gasteiger partial charge on any atom is 0.335 e. The zero-order chi connectivity index (χ0) is 15.0. The van der Waals surface area contributed by atoms with Gasteiger partial charge in [0.1, 0.15) is 0 Å². The molecule has 0 bridgehead atoms. The Morgan fingerprint density at radius 1 is 1.19 bits per heavy atom. The number of rotatable bonds is 3. The highest BCUT2D eigenvalue weighted by Crippen LogP contribution is 2.19. The molecule has 2 aromatic carbocycles. The van der Waals surface area contributed by atoms with Crippen molar-refractivity contribution in [1.29, 1.82) is 0 Å². The number of nitrogens with zero attached hydrogens (tertiary/aromatic N) is 2. The summed E-state index contributed by atoms with van der Waals surface area (Å²) in [4.78, 5) is 15.0. The topological polar surface area (TPSA) is 55.1 Å². The Balaban J connectivity index is 2.00. The van der Waals surface area contributed by atoms with Crippen molar-refractivity contribution in [3.63, 3.8) is 0 Å². The van der Waals surface area contributed by atoms with Gasteiger partial charge in [0, 0.05) is 18.7 Å². The average Bonchev–Trinajstić information content (AvgIpc) is 2.82. The molecule has 4 nitrogen and oxygen atoms in total. The minimum atomic E-state index is -1.01. The molecule has 1 heterocycles. The molecule has 0 aliphatic heterocycles. The smallest absolute Gasteiger partial charge is 0.335 e. The SMILES string of the molecule is O=C(O)c1cccc(Cn2cnc3cc(F)c(F)cc32)c1. The first-order valence-corrected chi connectivity index (χ1v) is 6.17. The fraction of sp³-hybridized carbons (Fsp3) is 0.0667. The van der Waals surface area contributed by atoms with E-state index >= 15 is 0 Å². The Labute approximate surface area is 118 Å². The Kier molecular flexibility index (Phi) is 3.13. The molecule has 0 aliphatic rings. The number of benzene rings is 2. The van der Waals surface area contributed by atoms with Crippen LogP contribution in [0.4, 0.5) is 8.78 Å². The quantitative estimate of drug-likeness (QED) is 0.806. The van der Waals surface area contributed by atoms with Gasteiger partial charge in [0.2, 0.25) is 0 Å². The third-order valence-corrected chi connectivity index (χ3v) is 3.19. The number of halogens is 2. The molecule has 0 amide bonds. The molecule has 6 heteroatoms. The lowest BCUT2D eigenvalue weighted by Crippen LogP contribution is -2.01. The van der Waals surface area contributed by atoms with Crippen LogP contribution < -0.4 is 0 Å². The Bertz CT molecular complexity index is 843. The second-order valence-electron chi connectivity index (χ2n) is 4.63. The lowest BCUT2D eigenvalue weighted by Gasteiger charge is -2.06. The second kappa shape index (κ2) is 4.97. The molecule has 0 radical (unpaired) electrons. The van der Waals surface area contributed by atoms with Gasteiger partial charge in [-0.25, -0.2) is 18.6 Å². The zero-order valence-electron chi connectivity index (χ0n) is 10.8. The number of hydrogen-bond acceptors (Lipinski definition) is 2. The van der Waals surface area contributed by atoms with Gasteiger partial charge in [-0.1, -0.05) is 12.1 Å². The molecular formula is C15H10F2N2O2. The van der Waals surface area contributed by atoms with Gasteiger partial charge in [-0.15, -0.1) is 0 Å². The summed E-state index contributed by atoms with van der Waals surface area (Å²) in [5.74, 6) is -2.90. The molecule has 0 spiro atoms. The van der Waals surface area contributed by atoms with Crippen molar-refractivity contribution in [2.24, 2.45) is 0 Å². The lowest BCUT2D eigenvalue weighted by atomic mass is 10.1. The molecule has 1 N–H and O–H groups in total. The van der Waals surface area contributed by atoms with E-state index in [0.29, 0.717) is 17.6 Å². The monoisotopic (exact) mass is 288 g/mol. The van der Waals surface area contributed by atoms with E-state index in [1.54, 1.807) is 16.7 Å². The van der Waals surface area contributed by atoms with Crippen LogP contribution in [0.25, 0.3) is 11.0 Å². The summed E-state index contributed by atoms with van der Waals surface area (Å²) in [5, 5.41) is 8.96. The summed E-state index contributed by atoms with van der Waals surface area (Å²) in [6.07, 6.45) is 1.47. The summed E-state index contributed by atoms with van der Waals surface area (Å²) < 4.78 is 28.1. The molecule has 0 saturated heterocycles. The zero-order valence-corrected chi connectivity index (χ0v) is 10.8. The van der Waals surface area contributed by atoms with E-state index in [-0.39, 0.29) is 5.56 Å². The fourth-order valence-corrected chi connectivity index (χ4v) is 2.18. The van der Waals surface area contributed by atoms with Crippen LogP contribution in [0.1, 0.15) is 15.9 Å². The Morgan fingerprint density at radius 2 is 1.95 bits per heavy atom. The van der Waals surface area contributed by atoms with Gasteiger partial charge in [0.25, 0.3) is 0 Å². The molecule has 3 rings (SSSR count). The van der Waals surface area contributed by atoms with Crippen LogP contribution in [-0.2, 0) is 6.54 Å². The first kappa shape index (κ1) is 13.2. The Hall–Kier alpha value is -2.76. The molecule has 3 aromatic rings. The van der Waals surface area contributed by atoms with Crippen molar-refractivity contribution < 1.29 is 18.7 Å². The number of carboxylic acid groups (broad SMARTS) is 1. The number of fused-ring (bicyclic) bond motifs is 1. The predicted molar refractivity (Wildman–Crippen MR) is 72.2 cm³/mol. The van der Waals surface area contributed by atoms with Crippen LogP contribution in [0.15, 0.2) is 42.7 Å². The number of carbonyl (C=O) groups is 1. The molecule has 0 saturated carbocycles. The molecule has 0 unspecified atom stereocenters. The highest BCUT2D eigenvalue weighted by Gasteiger charge is 2.10. The van der Waals surface area contributed by atoms with Crippen molar-refractivity contribution in [3.8, 4) is 0 Å². The summed E-state index contributed by atoms with van der Waals surface area (Å²) >= 11 is 0. The van der Waals surface area contributed by atoms with Gasteiger partial charge in [0.15, 0.2) is 11.6 Å². The summed E-state index contributed by atoms with van der Waals surface area (Å²) in [6, 6.07) is 8.55. The molecule has 1 aromatic heterocycles. The minimum absolute atomic E-state index is 0.175. The van der Waals surface area contributed by atoms with Gasteiger partial charge < -0.3 is 9.67 Å². The van der Waals surface area contributed by atoms with Crippen LogP contribution in [-0.4, -0.2) is 20.6 Å². The highest BCUT2D eigenvalue weighted by molar-refractivity contribution is 5.87. The third kappa shape index (κ3) is 2.47. The average molecular weight is 288 g/mol. The largest absolute Gasteiger partial charge is 0.478 e. The lowest BCUT2D eigenvalue weighted by molar-refractivity contribution is 0.0696. The molecule has 21 heavy (non-hydrogen) atoms. The maximum atomic E-state index is 13.3. The minimum Gasteiger partial charge on any atom is -0.478 e. The maximum absolute atomic E-state index is 13.3. The van der Waals surface area contributed by atoms with E-state index in [0.717, 1.165) is 17.7 Å². The van der Waals surface area contributed by atoms with Crippen molar-refractivity contribution in [2.75, 3.05) is 0 Å². The van der Waals surface area contributed by atoms with Crippen LogP contribution in [0, 0.1) is 11.6 Å². The van der Waals surface area contributed by atoms with E-state index in [1.807, 2.05) is 0 Å². The van der Waals surface area contributed by atoms with Gasteiger partial charge in [-0.3, -0.25) is 0 Å². The molecule has 0 atom stereocenters. The number of aromatic nitrogens is 2. The summed E-state index contributed by atoms with van der Waals surface area (Å²) in [6.45, 7) is 0.322. The van der Waals surface area contributed by atoms with Gasteiger partial charge in [-0.05, 0) is 17.7 Å². The van der Waals surface area contributed by atoms with E-state index in [4.69, 9.17) is 5.11 Å². The van der Waals surface area contributed by atoms with Crippen LogP contribution in [0.3, 0.4) is 0 Å². The summed E-state index contributed by atoms with van der Waals surface area (Å²) in [5.41, 5.74) is 1.71. The predicted octanol–water partition coefficient (Wildman–Crippen LogP) is 3.06. The summed E-state index contributed by atoms with van der Waals surface area (Å²) in [7, 11) is 0. The molecule has 0 fully saturated rings. The first-order chi connectivity index (χ1) is 10.0. The van der Waals surface area contributed by atoms with Crippen LogP contribution >= 0.6 is 0 Å². The molecular weight excluding hydrogens is 278 g/mol. The first-order valence-electron chi connectivity index (χ1n) is 6.17. The number of imidazole rings is 1. The van der Waals surface area contributed by atoms with E-state index in [2.05, 4.69) is 4.98 Å². The molecule has 0 aliphatic carbocycles. The number of hydrogen-bond donors (Lipinski definition) is 1. The van der Waals surface area contributed by atoms with Gasteiger partial charge in [-0.2, -0.15) is 0 Å². The van der Waals surface area contributed by atoms with E-state index in [1.165, 1.54) is 18.5 Å².